The summed E-state index contributed by atoms with van der Waals surface area (Å²) in [5, 5.41) is 15.2. The number of aliphatic hydroxyl groups is 2. The summed E-state index contributed by atoms with van der Waals surface area (Å²) in [6, 6.07) is 0. The van der Waals surface area contributed by atoms with E-state index in [0.717, 1.165) is 13.2 Å². The van der Waals surface area contributed by atoms with E-state index in [1.54, 1.807) is 0 Å². The summed E-state index contributed by atoms with van der Waals surface area (Å²) in [5.41, 5.74) is 0. The molecule has 0 aliphatic carbocycles. The lowest BCUT2D eigenvalue weighted by Crippen LogP contribution is -1.85. The van der Waals surface area contributed by atoms with Gasteiger partial charge in [-0.1, -0.05) is 0 Å². The van der Waals surface area contributed by atoms with E-state index in [-0.39, 0.29) is 13.2 Å². The van der Waals surface area contributed by atoms with Crippen LogP contribution in [0.1, 0.15) is 13.8 Å². The molecule has 0 fully saturated rings. The molecule has 0 bridgehead atoms. The zero-order valence-electron chi connectivity index (χ0n) is 8.95. The van der Waals surface area contributed by atoms with Gasteiger partial charge in [-0.25, -0.2) is 9.78 Å². The Morgan fingerprint density at radius 2 is 1.15 bits per heavy atom. The van der Waals surface area contributed by atoms with Gasteiger partial charge in [-0.3, -0.25) is 0 Å². The third kappa shape index (κ3) is 78.5. The van der Waals surface area contributed by atoms with Gasteiger partial charge < -0.3 is 14.9 Å². The van der Waals surface area contributed by atoms with Crippen LogP contribution in [0.5, 0.6) is 0 Å². The Morgan fingerprint density at radius 3 is 1.15 bits per heavy atom. The van der Waals surface area contributed by atoms with Gasteiger partial charge in [-0.15, -0.1) is 0 Å². The monoisotopic (exact) mass is 198 g/mol. The number of hydrogen-bond acceptors (Lipinski definition) is 5. The second kappa shape index (κ2) is 29.8. The van der Waals surface area contributed by atoms with Gasteiger partial charge in [0.2, 0.25) is 0 Å². The predicted octanol–water partition coefficient (Wildman–Crippen LogP) is 0.208. The summed E-state index contributed by atoms with van der Waals surface area (Å²) in [7, 11) is 2.92. The molecule has 0 saturated carbocycles. The van der Waals surface area contributed by atoms with Crippen molar-refractivity contribution in [3.63, 3.8) is 0 Å². The SMILES string of the molecule is CCOCC.COOC.OCCO. The molecule has 0 unspecified atom stereocenters. The van der Waals surface area contributed by atoms with Gasteiger partial charge in [-0.2, -0.15) is 0 Å². The molecule has 13 heavy (non-hydrogen) atoms. The van der Waals surface area contributed by atoms with E-state index in [0.29, 0.717) is 0 Å². The van der Waals surface area contributed by atoms with Crippen LogP contribution in [-0.4, -0.2) is 50.9 Å². The van der Waals surface area contributed by atoms with Crippen molar-refractivity contribution in [2.24, 2.45) is 0 Å². The van der Waals surface area contributed by atoms with E-state index in [4.69, 9.17) is 14.9 Å². The van der Waals surface area contributed by atoms with Crippen LogP contribution in [0, 0.1) is 0 Å². The fourth-order valence-electron chi connectivity index (χ4n) is 0.204. The molecule has 0 atom stereocenters. The molecule has 0 heterocycles. The van der Waals surface area contributed by atoms with E-state index < -0.39 is 0 Å². The molecule has 0 rings (SSSR count). The molecule has 0 spiro atoms. The van der Waals surface area contributed by atoms with Gasteiger partial charge in [-0.05, 0) is 13.8 Å². The Hall–Kier alpha value is -0.200. The van der Waals surface area contributed by atoms with Gasteiger partial charge >= 0.3 is 0 Å². The Morgan fingerprint density at radius 1 is 0.846 bits per heavy atom. The Balaban J connectivity index is -0.000000117. The van der Waals surface area contributed by atoms with Crippen molar-refractivity contribution in [2.75, 3.05) is 40.6 Å². The topological polar surface area (TPSA) is 68.2 Å². The Labute approximate surface area is 80.2 Å². The molecule has 0 aliphatic heterocycles. The van der Waals surface area contributed by atoms with Gasteiger partial charge in [0.25, 0.3) is 0 Å². The first-order valence-electron chi connectivity index (χ1n) is 4.11. The number of rotatable bonds is 4. The highest BCUT2D eigenvalue weighted by atomic mass is 17.2. The van der Waals surface area contributed by atoms with E-state index in [1.807, 2.05) is 13.8 Å². The molecule has 0 radical (unpaired) electrons. The summed E-state index contributed by atoms with van der Waals surface area (Å²) in [4.78, 5) is 8.08. The van der Waals surface area contributed by atoms with Crippen molar-refractivity contribution < 1.29 is 24.7 Å². The van der Waals surface area contributed by atoms with Crippen LogP contribution in [0.4, 0.5) is 0 Å². The minimum atomic E-state index is -0.125. The maximum atomic E-state index is 7.62. The van der Waals surface area contributed by atoms with Gasteiger partial charge in [0, 0.05) is 13.2 Å². The second-order valence-electron chi connectivity index (χ2n) is 1.56. The minimum Gasteiger partial charge on any atom is -0.394 e. The first kappa shape index (κ1) is 18.6. The zero-order valence-corrected chi connectivity index (χ0v) is 8.95. The molecule has 0 aromatic heterocycles. The zero-order chi connectivity index (χ0) is 10.9. The first-order valence-corrected chi connectivity index (χ1v) is 4.11. The molecule has 0 saturated heterocycles. The minimum absolute atomic E-state index is 0.125. The summed E-state index contributed by atoms with van der Waals surface area (Å²) < 4.78 is 4.83. The van der Waals surface area contributed by atoms with Crippen LogP contribution in [0.3, 0.4) is 0 Å². The van der Waals surface area contributed by atoms with Crippen molar-refractivity contribution in [3.05, 3.63) is 0 Å². The highest BCUT2D eigenvalue weighted by Gasteiger charge is 1.64. The predicted molar refractivity (Wildman–Crippen MR) is 50.4 cm³/mol. The van der Waals surface area contributed by atoms with Crippen molar-refractivity contribution in [1.29, 1.82) is 0 Å². The van der Waals surface area contributed by atoms with Crippen molar-refractivity contribution >= 4 is 0 Å². The quantitative estimate of drug-likeness (QED) is 0.499. The van der Waals surface area contributed by atoms with Gasteiger partial charge in [0.1, 0.15) is 0 Å². The highest BCUT2D eigenvalue weighted by Crippen LogP contribution is 1.64. The summed E-state index contributed by atoms with van der Waals surface area (Å²) in [6.07, 6.45) is 0. The Bertz CT molecular complexity index is 41.8. The maximum Gasteiger partial charge on any atom is 0.0712 e. The fraction of sp³-hybridized carbons (Fsp3) is 1.00. The lowest BCUT2D eigenvalue weighted by Gasteiger charge is -1.86. The smallest absolute Gasteiger partial charge is 0.0712 e. The number of hydrogen-bond donors (Lipinski definition) is 2. The van der Waals surface area contributed by atoms with Crippen LogP contribution in [-0.2, 0) is 14.5 Å². The van der Waals surface area contributed by atoms with E-state index in [9.17, 15) is 0 Å². The standard InChI is InChI=1S/C4H10O.2C2H6O2/c1-3-5-4-2;1-3-4-2;3-1-2-4/h3-4H2,1-2H3;1-2H3;3-4H,1-2H2. The van der Waals surface area contributed by atoms with E-state index in [2.05, 4.69) is 9.78 Å². The van der Waals surface area contributed by atoms with E-state index >= 15 is 0 Å². The van der Waals surface area contributed by atoms with Crippen molar-refractivity contribution in [2.45, 2.75) is 13.8 Å². The average molecular weight is 198 g/mol. The van der Waals surface area contributed by atoms with Gasteiger partial charge in [0.15, 0.2) is 0 Å². The largest absolute Gasteiger partial charge is 0.394 e. The molecule has 0 aliphatic rings. The number of ether oxygens (including phenoxy) is 1. The molecular weight excluding hydrogens is 176 g/mol. The van der Waals surface area contributed by atoms with E-state index in [1.165, 1.54) is 14.2 Å². The van der Waals surface area contributed by atoms with Crippen LogP contribution < -0.4 is 0 Å². The molecule has 5 heteroatoms. The third-order valence-electron chi connectivity index (χ3n) is 0.675. The molecule has 0 aromatic rings. The van der Waals surface area contributed by atoms with Crippen LogP contribution in [0.15, 0.2) is 0 Å². The second-order valence-corrected chi connectivity index (χ2v) is 1.56. The third-order valence-corrected chi connectivity index (χ3v) is 0.675. The first-order chi connectivity index (χ1) is 6.24. The summed E-state index contributed by atoms with van der Waals surface area (Å²) >= 11 is 0. The summed E-state index contributed by atoms with van der Waals surface area (Å²) in [5.74, 6) is 0. The van der Waals surface area contributed by atoms with Crippen molar-refractivity contribution in [3.8, 4) is 0 Å². The lowest BCUT2D eigenvalue weighted by molar-refractivity contribution is -0.248. The van der Waals surface area contributed by atoms with Crippen LogP contribution >= 0.6 is 0 Å². The number of aliphatic hydroxyl groups excluding tert-OH is 2. The fourth-order valence-corrected chi connectivity index (χ4v) is 0.204. The highest BCUT2D eigenvalue weighted by molar-refractivity contribution is 4.07. The average Bonchev–Trinajstić information content (AvgIpc) is 2.20. The van der Waals surface area contributed by atoms with Gasteiger partial charge in [0.05, 0.1) is 27.4 Å². The van der Waals surface area contributed by atoms with Crippen LogP contribution in [0.25, 0.3) is 0 Å². The molecule has 2 N–H and O–H groups in total. The summed E-state index contributed by atoms with van der Waals surface area (Å²) in [6.45, 7) is 5.42. The maximum absolute atomic E-state index is 7.62. The normalized spacial score (nSPS) is 7.85. The molecule has 0 amide bonds. The molecule has 0 aromatic carbocycles. The molecule has 5 nitrogen and oxygen atoms in total. The Kier molecular flexibility index (Phi) is 42.5. The van der Waals surface area contributed by atoms with Crippen molar-refractivity contribution in [1.82, 2.24) is 0 Å². The van der Waals surface area contributed by atoms with Crippen LogP contribution in [0.2, 0.25) is 0 Å². The molecular formula is C8H22O5. The lowest BCUT2D eigenvalue weighted by atomic mass is 10.8. The molecule has 84 valence electrons.